The van der Waals surface area contributed by atoms with E-state index in [1.165, 1.54) is 0 Å². The van der Waals surface area contributed by atoms with Gasteiger partial charge in [-0.3, -0.25) is 9.59 Å². The molecular formula is C21H18Cl2N4O2. The topological polar surface area (TPSA) is 106 Å². The SMILES string of the molecule is N#CCCC(CCC#N)(C(=O)Nc1ccc(Cl)cc1)C(=O)Nc1ccc(Cl)cc1. The lowest BCUT2D eigenvalue weighted by Gasteiger charge is -2.30. The van der Waals surface area contributed by atoms with Crippen LogP contribution in [0, 0.1) is 28.1 Å². The Hall–Kier alpha value is -3.06. The van der Waals surface area contributed by atoms with Crippen LogP contribution in [0.2, 0.25) is 10.0 Å². The molecule has 8 heteroatoms. The number of carbonyl (C=O) groups excluding carboxylic acids is 2. The summed E-state index contributed by atoms with van der Waals surface area (Å²) in [6, 6.07) is 16.8. The van der Waals surface area contributed by atoms with Gasteiger partial charge in [-0.2, -0.15) is 10.5 Å². The standard InChI is InChI=1S/C21H18Cl2N4O2/c22-15-3-7-17(8-4-15)26-19(28)21(11-1-13-24,12-2-14-25)20(29)27-18-9-5-16(23)6-10-18/h3-10H,1-2,11-12H2,(H,26,28)(H,27,29). The number of benzene rings is 2. The van der Waals surface area contributed by atoms with Gasteiger partial charge in [-0.05, 0) is 61.4 Å². The summed E-state index contributed by atoms with van der Waals surface area (Å²) >= 11 is 11.7. The number of nitrogens with one attached hydrogen (secondary N) is 2. The number of halogens is 2. The Balaban J connectivity index is 2.35. The van der Waals surface area contributed by atoms with Crippen molar-refractivity contribution in [2.24, 2.45) is 5.41 Å². The van der Waals surface area contributed by atoms with Gasteiger partial charge < -0.3 is 10.6 Å². The average molecular weight is 429 g/mol. The predicted molar refractivity (Wildman–Crippen MR) is 112 cm³/mol. The summed E-state index contributed by atoms with van der Waals surface area (Å²) in [4.78, 5) is 26.3. The zero-order valence-corrected chi connectivity index (χ0v) is 16.9. The maximum Gasteiger partial charge on any atom is 0.240 e. The molecule has 6 nitrogen and oxygen atoms in total. The summed E-state index contributed by atoms with van der Waals surface area (Å²) in [6.45, 7) is 0. The highest BCUT2D eigenvalue weighted by Crippen LogP contribution is 2.34. The van der Waals surface area contributed by atoms with E-state index >= 15 is 0 Å². The summed E-state index contributed by atoms with van der Waals surface area (Å²) in [6.07, 6.45) is -0.0882. The largest absolute Gasteiger partial charge is 0.325 e. The van der Waals surface area contributed by atoms with Crippen LogP contribution in [-0.2, 0) is 9.59 Å². The van der Waals surface area contributed by atoms with Gasteiger partial charge in [0.25, 0.3) is 0 Å². The molecule has 2 aromatic carbocycles. The molecule has 148 valence electrons. The molecule has 0 aliphatic heterocycles. The predicted octanol–water partition coefficient (Wildman–Crippen LogP) is 5.16. The van der Waals surface area contributed by atoms with Crippen LogP contribution < -0.4 is 10.6 Å². The van der Waals surface area contributed by atoms with Crippen LogP contribution in [0.5, 0.6) is 0 Å². The van der Waals surface area contributed by atoms with Crippen molar-refractivity contribution in [1.82, 2.24) is 0 Å². The molecule has 0 bridgehead atoms. The van der Waals surface area contributed by atoms with E-state index in [-0.39, 0.29) is 25.7 Å². The van der Waals surface area contributed by atoms with Crippen molar-refractivity contribution in [2.45, 2.75) is 25.7 Å². The van der Waals surface area contributed by atoms with Gasteiger partial charge >= 0.3 is 0 Å². The first kappa shape index (κ1) is 22.2. The van der Waals surface area contributed by atoms with Crippen LogP contribution in [0.25, 0.3) is 0 Å². The Morgan fingerprint density at radius 3 is 1.41 bits per heavy atom. The van der Waals surface area contributed by atoms with Gasteiger partial charge in [0.1, 0.15) is 5.41 Å². The summed E-state index contributed by atoms with van der Waals surface area (Å²) in [5, 5.41) is 24.5. The molecule has 2 amide bonds. The van der Waals surface area contributed by atoms with Crippen molar-refractivity contribution >= 4 is 46.4 Å². The molecule has 0 radical (unpaired) electrons. The van der Waals surface area contributed by atoms with Crippen molar-refractivity contribution in [3.05, 3.63) is 58.6 Å². The smallest absolute Gasteiger partial charge is 0.240 e. The van der Waals surface area contributed by atoms with Gasteiger partial charge in [0.15, 0.2) is 0 Å². The molecule has 2 rings (SSSR count). The quantitative estimate of drug-likeness (QED) is 0.565. The van der Waals surface area contributed by atoms with Crippen LogP contribution in [-0.4, -0.2) is 11.8 Å². The fraction of sp³-hybridized carbons (Fsp3) is 0.238. The highest BCUT2D eigenvalue weighted by molar-refractivity contribution is 6.31. The molecule has 0 aromatic heterocycles. The summed E-state index contributed by atoms with van der Waals surface area (Å²) < 4.78 is 0. The van der Waals surface area contributed by atoms with Crippen molar-refractivity contribution < 1.29 is 9.59 Å². The number of amides is 2. The van der Waals surface area contributed by atoms with Crippen molar-refractivity contribution in [3.8, 4) is 12.1 Å². The van der Waals surface area contributed by atoms with Gasteiger partial charge in [0, 0.05) is 34.3 Å². The van der Waals surface area contributed by atoms with Crippen LogP contribution in [0.15, 0.2) is 48.5 Å². The number of nitrogens with zero attached hydrogens (tertiary/aromatic N) is 2. The third kappa shape index (κ3) is 5.96. The van der Waals surface area contributed by atoms with E-state index in [0.29, 0.717) is 21.4 Å². The summed E-state index contributed by atoms with van der Waals surface area (Å²) in [7, 11) is 0. The van der Waals surface area contributed by atoms with Crippen LogP contribution >= 0.6 is 23.2 Å². The minimum Gasteiger partial charge on any atom is -0.325 e. The lowest BCUT2D eigenvalue weighted by atomic mass is 9.77. The van der Waals surface area contributed by atoms with Gasteiger partial charge in [-0.15, -0.1) is 0 Å². The second-order valence-corrected chi connectivity index (χ2v) is 7.19. The molecule has 29 heavy (non-hydrogen) atoms. The zero-order valence-electron chi connectivity index (χ0n) is 15.4. The molecule has 0 heterocycles. The molecule has 0 atom stereocenters. The molecule has 0 fully saturated rings. The molecule has 0 unspecified atom stereocenters. The Morgan fingerprint density at radius 1 is 0.759 bits per heavy atom. The van der Waals surface area contributed by atoms with E-state index < -0.39 is 17.2 Å². The molecule has 0 saturated carbocycles. The fourth-order valence-corrected chi connectivity index (χ4v) is 3.04. The Kier molecular flexibility index (Phi) is 8.03. The number of rotatable bonds is 8. The lowest BCUT2D eigenvalue weighted by Crippen LogP contribution is -2.46. The third-order valence-corrected chi connectivity index (χ3v) is 4.90. The second kappa shape index (κ2) is 10.5. The number of carbonyl (C=O) groups is 2. The molecule has 0 aliphatic rings. The van der Waals surface area contributed by atoms with Gasteiger partial charge in [0.2, 0.25) is 11.8 Å². The first-order valence-electron chi connectivity index (χ1n) is 8.79. The second-order valence-electron chi connectivity index (χ2n) is 6.32. The first-order valence-corrected chi connectivity index (χ1v) is 9.55. The minimum atomic E-state index is -1.59. The first-order chi connectivity index (χ1) is 13.9. The third-order valence-electron chi connectivity index (χ3n) is 4.40. The summed E-state index contributed by atoms with van der Waals surface area (Å²) in [5.74, 6) is -1.17. The van der Waals surface area contributed by atoms with E-state index in [0.717, 1.165) is 0 Å². The van der Waals surface area contributed by atoms with E-state index in [4.69, 9.17) is 33.7 Å². The van der Waals surface area contributed by atoms with E-state index in [2.05, 4.69) is 10.6 Å². The molecular weight excluding hydrogens is 411 g/mol. The van der Waals surface area contributed by atoms with E-state index in [1.54, 1.807) is 48.5 Å². The average Bonchev–Trinajstić information content (AvgIpc) is 2.71. The van der Waals surface area contributed by atoms with Gasteiger partial charge in [-0.25, -0.2) is 0 Å². The van der Waals surface area contributed by atoms with Crippen molar-refractivity contribution in [3.63, 3.8) is 0 Å². The number of hydrogen-bond donors (Lipinski definition) is 2. The molecule has 0 saturated heterocycles. The maximum atomic E-state index is 13.2. The molecule has 2 N–H and O–H groups in total. The number of anilines is 2. The highest BCUT2D eigenvalue weighted by Gasteiger charge is 2.45. The fourth-order valence-electron chi connectivity index (χ4n) is 2.79. The van der Waals surface area contributed by atoms with Crippen molar-refractivity contribution in [1.29, 1.82) is 10.5 Å². The van der Waals surface area contributed by atoms with Crippen LogP contribution in [0.3, 0.4) is 0 Å². The molecule has 0 spiro atoms. The number of nitriles is 2. The Morgan fingerprint density at radius 2 is 1.10 bits per heavy atom. The van der Waals surface area contributed by atoms with Crippen LogP contribution in [0.4, 0.5) is 11.4 Å². The van der Waals surface area contributed by atoms with E-state index in [1.807, 2.05) is 12.1 Å². The van der Waals surface area contributed by atoms with Gasteiger partial charge in [0.05, 0.1) is 12.1 Å². The minimum absolute atomic E-state index is 0.0203. The molecule has 2 aromatic rings. The number of hydrogen-bond acceptors (Lipinski definition) is 4. The lowest BCUT2D eigenvalue weighted by molar-refractivity contribution is -0.138. The zero-order chi connectivity index (χ0) is 21.3. The Bertz CT molecular complexity index is 865. The highest BCUT2D eigenvalue weighted by atomic mass is 35.5. The van der Waals surface area contributed by atoms with Crippen LogP contribution in [0.1, 0.15) is 25.7 Å². The van der Waals surface area contributed by atoms with Gasteiger partial charge in [-0.1, -0.05) is 23.2 Å². The Labute approximate surface area is 179 Å². The maximum absolute atomic E-state index is 13.2. The monoisotopic (exact) mass is 428 g/mol. The summed E-state index contributed by atoms with van der Waals surface area (Å²) in [5.41, 5.74) is -0.681. The van der Waals surface area contributed by atoms with Crippen molar-refractivity contribution in [2.75, 3.05) is 10.6 Å². The normalized spacial score (nSPS) is 10.5. The van der Waals surface area contributed by atoms with E-state index in [9.17, 15) is 9.59 Å². The molecule has 0 aliphatic carbocycles.